The minimum atomic E-state index is -0.408. The van der Waals surface area contributed by atoms with Crippen LogP contribution in [0.25, 0.3) is 11.1 Å². The lowest BCUT2D eigenvalue weighted by molar-refractivity contribution is 0.0601. The van der Waals surface area contributed by atoms with E-state index in [1.807, 2.05) is 0 Å². The molecule has 0 bridgehead atoms. The lowest BCUT2D eigenvalue weighted by Crippen LogP contribution is -2.00. The first-order valence-corrected chi connectivity index (χ1v) is 6.15. The van der Waals surface area contributed by atoms with Gasteiger partial charge in [-0.2, -0.15) is 0 Å². The highest BCUT2D eigenvalue weighted by atomic mass is 35.5. The Morgan fingerprint density at radius 1 is 1.11 bits per heavy atom. The van der Waals surface area contributed by atoms with E-state index >= 15 is 0 Å². The molecule has 0 fully saturated rings. The van der Waals surface area contributed by atoms with Gasteiger partial charge in [-0.15, -0.1) is 0 Å². The van der Waals surface area contributed by atoms with Crippen LogP contribution in [-0.2, 0) is 4.74 Å². The zero-order valence-electron chi connectivity index (χ0n) is 9.98. The number of methoxy groups -OCH3 is 1. The van der Waals surface area contributed by atoms with Gasteiger partial charge in [-0.1, -0.05) is 35.3 Å². The first-order valence-electron chi connectivity index (χ1n) is 5.39. The van der Waals surface area contributed by atoms with Crippen molar-refractivity contribution in [3.8, 4) is 16.9 Å². The smallest absolute Gasteiger partial charge is 0.337 e. The van der Waals surface area contributed by atoms with Gasteiger partial charge in [0, 0.05) is 5.56 Å². The van der Waals surface area contributed by atoms with Gasteiger partial charge in [0.2, 0.25) is 0 Å². The van der Waals surface area contributed by atoms with Crippen molar-refractivity contribution in [3.05, 3.63) is 52.0 Å². The molecule has 2 rings (SSSR count). The van der Waals surface area contributed by atoms with Crippen LogP contribution < -0.4 is 0 Å². The second-order valence-electron chi connectivity index (χ2n) is 3.85. The van der Waals surface area contributed by atoms with Crippen LogP contribution >= 0.6 is 23.2 Å². The van der Waals surface area contributed by atoms with E-state index in [1.165, 1.54) is 19.2 Å². The van der Waals surface area contributed by atoms with E-state index < -0.39 is 5.97 Å². The summed E-state index contributed by atoms with van der Waals surface area (Å²) >= 11 is 12.1. The predicted octanol–water partition coefficient (Wildman–Crippen LogP) is 4.15. The average molecular weight is 297 g/mol. The molecule has 0 aromatic heterocycles. The maximum Gasteiger partial charge on any atom is 0.337 e. The number of halogens is 2. The molecule has 3 nitrogen and oxygen atoms in total. The molecule has 0 aliphatic heterocycles. The SMILES string of the molecule is COC(=O)c1ccc(-c2c(Cl)cc(O)cc2Cl)cc1. The van der Waals surface area contributed by atoms with Gasteiger partial charge in [0.05, 0.1) is 22.7 Å². The van der Waals surface area contributed by atoms with E-state index in [9.17, 15) is 9.90 Å². The molecule has 0 amide bonds. The molecule has 2 aromatic rings. The summed E-state index contributed by atoms with van der Waals surface area (Å²) in [7, 11) is 1.32. The van der Waals surface area contributed by atoms with Gasteiger partial charge in [-0.3, -0.25) is 0 Å². The number of phenols is 1. The van der Waals surface area contributed by atoms with Crippen LogP contribution in [0.1, 0.15) is 10.4 Å². The quantitative estimate of drug-likeness (QED) is 0.847. The summed E-state index contributed by atoms with van der Waals surface area (Å²) in [6, 6.07) is 9.52. The third-order valence-electron chi connectivity index (χ3n) is 2.62. The number of carbonyl (C=O) groups is 1. The molecule has 0 unspecified atom stereocenters. The first-order chi connectivity index (χ1) is 9.02. The van der Waals surface area contributed by atoms with E-state index in [0.717, 1.165) is 5.56 Å². The fourth-order valence-electron chi connectivity index (χ4n) is 1.73. The Morgan fingerprint density at radius 3 is 2.11 bits per heavy atom. The molecule has 0 aliphatic rings. The van der Waals surface area contributed by atoms with Crippen molar-refractivity contribution in [2.24, 2.45) is 0 Å². The summed E-state index contributed by atoms with van der Waals surface area (Å²) in [6.07, 6.45) is 0. The maximum atomic E-state index is 11.3. The Hall–Kier alpha value is -1.71. The van der Waals surface area contributed by atoms with E-state index in [-0.39, 0.29) is 5.75 Å². The number of hydrogen-bond acceptors (Lipinski definition) is 3. The van der Waals surface area contributed by atoms with Crippen molar-refractivity contribution in [1.82, 2.24) is 0 Å². The number of rotatable bonds is 2. The van der Waals surface area contributed by atoms with Crippen LogP contribution in [0.5, 0.6) is 5.75 Å². The largest absolute Gasteiger partial charge is 0.508 e. The van der Waals surface area contributed by atoms with E-state index in [1.54, 1.807) is 24.3 Å². The van der Waals surface area contributed by atoms with E-state index in [0.29, 0.717) is 21.2 Å². The van der Waals surface area contributed by atoms with Gasteiger partial charge in [0.15, 0.2) is 0 Å². The molecule has 5 heteroatoms. The topological polar surface area (TPSA) is 46.5 Å². The molecule has 19 heavy (non-hydrogen) atoms. The Morgan fingerprint density at radius 2 is 1.63 bits per heavy atom. The monoisotopic (exact) mass is 296 g/mol. The molecule has 0 saturated carbocycles. The number of carbonyl (C=O) groups excluding carboxylic acids is 1. The van der Waals surface area contributed by atoms with Gasteiger partial charge >= 0.3 is 5.97 Å². The van der Waals surface area contributed by atoms with E-state index in [2.05, 4.69) is 4.74 Å². The van der Waals surface area contributed by atoms with Gasteiger partial charge in [-0.05, 0) is 29.8 Å². The molecule has 1 N–H and O–H groups in total. The maximum absolute atomic E-state index is 11.3. The molecule has 98 valence electrons. The summed E-state index contributed by atoms with van der Waals surface area (Å²) in [5.74, 6) is -0.403. The van der Waals surface area contributed by atoms with Crippen LogP contribution in [0, 0.1) is 0 Å². The zero-order chi connectivity index (χ0) is 14.0. The van der Waals surface area contributed by atoms with Gasteiger partial charge in [0.1, 0.15) is 5.75 Å². The van der Waals surface area contributed by atoms with Gasteiger partial charge < -0.3 is 9.84 Å². The Kier molecular flexibility index (Phi) is 3.98. The zero-order valence-corrected chi connectivity index (χ0v) is 11.5. The van der Waals surface area contributed by atoms with Gasteiger partial charge in [0.25, 0.3) is 0 Å². The van der Waals surface area contributed by atoms with Crippen molar-refractivity contribution in [3.63, 3.8) is 0 Å². The second-order valence-corrected chi connectivity index (χ2v) is 4.67. The highest BCUT2D eigenvalue weighted by molar-refractivity contribution is 6.39. The summed E-state index contributed by atoms with van der Waals surface area (Å²) in [5.41, 5.74) is 1.80. The first kappa shape index (κ1) is 13.7. The molecule has 0 spiro atoms. The van der Waals surface area contributed by atoms with Crippen LogP contribution in [-0.4, -0.2) is 18.2 Å². The summed E-state index contributed by atoms with van der Waals surface area (Å²) in [4.78, 5) is 11.3. The fourth-order valence-corrected chi connectivity index (χ4v) is 2.42. The Labute approximate surface area is 120 Å². The van der Waals surface area contributed by atoms with Crippen molar-refractivity contribution in [2.45, 2.75) is 0 Å². The van der Waals surface area contributed by atoms with Crippen molar-refractivity contribution >= 4 is 29.2 Å². The second kappa shape index (κ2) is 5.51. The van der Waals surface area contributed by atoms with Gasteiger partial charge in [-0.25, -0.2) is 4.79 Å². The van der Waals surface area contributed by atoms with Crippen LogP contribution in [0.3, 0.4) is 0 Å². The summed E-state index contributed by atoms with van der Waals surface area (Å²) < 4.78 is 4.62. The third-order valence-corrected chi connectivity index (χ3v) is 3.22. The van der Waals surface area contributed by atoms with Crippen molar-refractivity contribution < 1.29 is 14.6 Å². The number of ether oxygens (including phenoxy) is 1. The predicted molar refractivity (Wildman–Crippen MR) is 74.9 cm³/mol. The van der Waals surface area contributed by atoms with Crippen LogP contribution in [0.2, 0.25) is 10.0 Å². The number of esters is 1. The average Bonchev–Trinajstić information content (AvgIpc) is 2.37. The molecule has 0 radical (unpaired) electrons. The number of aromatic hydroxyl groups is 1. The minimum Gasteiger partial charge on any atom is -0.508 e. The highest BCUT2D eigenvalue weighted by Gasteiger charge is 2.11. The summed E-state index contributed by atoms with van der Waals surface area (Å²) in [6.45, 7) is 0. The van der Waals surface area contributed by atoms with Crippen molar-refractivity contribution in [1.29, 1.82) is 0 Å². The van der Waals surface area contributed by atoms with Crippen LogP contribution in [0.4, 0.5) is 0 Å². The molecular formula is C14H10Cl2O3. The molecule has 0 heterocycles. The Bertz CT molecular complexity index is 598. The van der Waals surface area contributed by atoms with Crippen LogP contribution in [0.15, 0.2) is 36.4 Å². The normalized spacial score (nSPS) is 10.3. The minimum absolute atomic E-state index is 0.00457. The molecule has 0 atom stereocenters. The summed E-state index contributed by atoms with van der Waals surface area (Å²) in [5, 5.41) is 10.1. The lowest BCUT2D eigenvalue weighted by atomic mass is 10.0. The van der Waals surface area contributed by atoms with E-state index in [4.69, 9.17) is 23.2 Å². The Balaban J connectivity index is 2.46. The number of phenolic OH excluding ortho intramolecular Hbond substituents is 1. The highest BCUT2D eigenvalue weighted by Crippen LogP contribution is 2.37. The lowest BCUT2D eigenvalue weighted by Gasteiger charge is -2.08. The molecular weight excluding hydrogens is 287 g/mol. The number of benzene rings is 2. The molecule has 0 saturated heterocycles. The fraction of sp³-hybridized carbons (Fsp3) is 0.0714. The third kappa shape index (κ3) is 2.83. The van der Waals surface area contributed by atoms with Crippen molar-refractivity contribution in [2.75, 3.05) is 7.11 Å². The molecule has 0 aliphatic carbocycles. The molecule has 2 aromatic carbocycles. The number of hydrogen-bond donors (Lipinski definition) is 1. The standard InChI is InChI=1S/C14H10Cl2O3/c1-19-14(18)9-4-2-8(3-5-9)13-11(15)6-10(17)7-12(13)16/h2-7,17H,1H3.